The molecule has 0 unspecified atom stereocenters. The average molecular weight is 212 g/mol. The molecule has 0 saturated heterocycles. The first-order valence-electron chi connectivity index (χ1n) is 4.90. The summed E-state index contributed by atoms with van der Waals surface area (Å²) in [5.41, 5.74) is 4.54. The number of nitrogens with one attached hydrogen (secondary N) is 1. The molecule has 0 fully saturated rings. The molecule has 0 aliphatic carbocycles. The third kappa shape index (κ3) is 2.65. The van der Waals surface area contributed by atoms with Gasteiger partial charge in [0.2, 0.25) is 0 Å². The first kappa shape index (κ1) is 10.3. The monoisotopic (exact) mass is 212 g/mol. The second-order valence-electron chi connectivity index (χ2n) is 3.21. The molecule has 3 N–H and O–H groups in total. The molecule has 0 aliphatic heterocycles. The van der Waals surface area contributed by atoms with E-state index in [-0.39, 0.29) is 0 Å². The van der Waals surface area contributed by atoms with Crippen LogP contribution in [0.5, 0.6) is 0 Å². The number of nitrogens with two attached hydrogens (primary N) is 1. The maximum atomic E-state index is 5.28. The van der Waals surface area contributed by atoms with Crippen molar-refractivity contribution in [1.82, 2.24) is 9.97 Å². The van der Waals surface area contributed by atoms with Crippen molar-refractivity contribution in [3.05, 3.63) is 54.1 Å². The van der Waals surface area contributed by atoms with Crippen LogP contribution >= 0.6 is 0 Å². The van der Waals surface area contributed by atoms with Crippen LogP contribution in [0, 0.1) is 0 Å². The van der Waals surface area contributed by atoms with Crippen molar-refractivity contribution < 1.29 is 0 Å². The van der Waals surface area contributed by atoms with E-state index in [1.165, 1.54) is 0 Å². The molecule has 0 spiro atoms. The molecule has 0 aliphatic rings. The smallest absolute Gasteiger partial charge is 0.151 e. The largest absolute Gasteiger partial charge is 0.324 e. The van der Waals surface area contributed by atoms with Gasteiger partial charge in [0.05, 0.1) is 0 Å². The van der Waals surface area contributed by atoms with E-state index in [9.17, 15) is 0 Å². The van der Waals surface area contributed by atoms with Gasteiger partial charge in [0.15, 0.2) is 5.82 Å². The van der Waals surface area contributed by atoms with E-state index in [0.29, 0.717) is 5.82 Å². The van der Waals surface area contributed by atoms with E-state index in [2.05, 4.69) is 15.4 Å². The lowest BCUT2D eigenvalue weighted by atomic mass is 10.2. The van der Waals surface area contributed by atoms with E-state index in [1.54, 1.807) is 18.5 Å². The van der Waals surface area contributed by atoms with E-state index < -0.39 is 0 Å². The van der Waals surface area contributed by atoms with Crippen LogP contribution in [0.3, 0.4) is 0 Å². The highest BCUT2D eigenvalue weighted by molar-refractivity contribution is 5.67. The summed E-state index contributed by atoms with van der Waals surface area (Å²) in [5.74, 6) is 5.97. The van der Waals surface area contributed by atoms with Crippen LogP contribution in [0.1, 0.15) is 11.4 Å². The summed E-state index contributed by atoms with van der Waals surface area (Å²) in [4.78, 5) is 8.19. The second kappa shape index (κ2) is 5.04. The summed E-state index contributed by atoms with van der Waals surface area (Å²) in [6.07, 6.45) is 7.25. The lowest BCUT2D eigenvalue weighted by Gasteiger charge is -1.99. The molecule has 4 nitrogen and oxygen atoms in total. The van der Waals surface area contributed by atoms with E-state index >= 15 is 0 Å². The summed E-state index contributed by atoms with van der Waals surface area (Å²) >= 11 is 0. The molecule has 0 radical (unpaired) electrons. The standard InChI is InChI=1S/C12H12N4/c13-16-11-5-2-10(3-6-11)4-7-12-14-8-1-9-15-12/h1-9,16H,13H2/b7-4+. The molecular weight excluding hydrogens is 200 g/mol. The normalized spacial score (nSPS) is 10.6. The topological polar surface area (TPSA) is 63.8 Å². The Morgan fingerprint density at radius 3 is 2.31 bits per heavy atom. The quantitative estimate of drug-likeness (QED) is 0.602. The third-order valence-corrected chi connectivity index (χ3v) is 2.09. The number of nitrogen functional groups attached to an aromatic ring is 1. The Morgan fingerprint density at radius 2 is 1.69 bits per heavy atom. The van der Waals surface area contributed by atoms with Gasteiger partial charge in [-0.3, -0.25) is 5.84 Å². The fourth-order valence-electron chi connectivity index (χ4n) is 1.26. The minimum atomic E-state index is 0.698. The fourth-order valence-corrected chi connectivity index (χ4v) is 1.26. The van der Waals surface area contributed by atoms with Gasteiger partial charge in [-0.25, -0.2) is 9.97 Å². The minimum absolute atomic E-state index is 0.698. The maximum absolute atomic E-state index is 5.28. The Hall–Kier alpha value is -2.20. The number of hydrogen-bond acceptors (Lipinski definition) is 4. The molecular formula is C12H12N4. The number of aromatic nitrogens is 2. The van der Waals surface area contributed by atoms with Gasteiger partial charge in [0, 0.05) is 18.1 Å². The van der Waals surface area contributed by atoms with E-state index in [1.807, 2.05) is 36.4 Å². The van der Waals surface area contributed by atoms with Crippen molar-refractivity contribution in [2.75, 3.05) is 5.43 Å². The number of hydrogen-bond donors (Lipinski definition) is 2. The number of rotatable bonds is 3. The molecule has 1 aromatic heterocycles. The van der Waals surface area contributed by atoms with Gasteiger partial charge in [-0.15, -0.1) is 0 Å². The summed E-state index contributed by atoms with van der Waals surface area (Å²) in [5, 5.41) is 0. The molecule has 16 heavy (non-hydrogen) atoms. The fraction of sp³-hybridized carbons (Fsp3) is 0. The zero-order chi connectivity index (χ0) is 11.2. The zero-order valence-corrected chi connectivity index (χ0v) is 8.67. The molecule has 4 heteroatoms. The van der Waals surface area contributed by atoms with E-state index in [4.69, 9.17) is 5.84 Å². The number of benzene rings is 1. The van der Waals surface area contributed by atoms with Crippen LogP contribution in [0.2, 0.25) is 0 Å². The molecule has 2 aromatic rings. The predicted molar refractivity (Wildman–Crippen MR) is 65.2 cm³/mol. The molecule has 0 amide bonds. The first-order valence-corrected chi connectivity index (χ1v) is 4.90. The number of anilines is 1. The second-order valence-corrected chi connectivity index (χ2v) is 3.21. The van der Waals surface area contributed by atoms with Crippen LogP contribution in [0.25, 0.3) is 12.2 Å². The van der Waals surface area contributed by atoms with Crippen molar-refractivity contribution in [2.45, 2.75) is 0 Å². The number of hydrazine groups is 1. The highest BCUT2D eigenvalue weighted by Crippen LogP contribution is 2.10. The number of nitrogens with zero attached hydrogens (tertiary/aromatic N) is 2. The van der Waals surface area contributed by atoms with Gasteiger partial charge in [-0.05, 0) is 29.8 Å². The predicted octanol–water partition coefficient (Wildman–Crippen LogP) is 1.93. The van der Waals surface area contributed by atoms with Gasteiger partial charge >= 0.3 is 0 Å². The average Bonchev–Trinajstić information content (AvgIpc) is 2.38. The molecule has 1 heterocycles. The molecule has 0 bridgehead atoms. The summed E-state index contributed by atoms with van der Waals surface area (Å²) < 4.78 is 0. The summed E-state index contributed by atoms with van der Waals surface area (Å²) in [6, 6.07) is 9.54. The van der Waals surface area contributed by atoms with Crippen LogP contribution in [-0.2, 0) is 0 Å². The highest BCUT2D eigenvalue weighted by atomic mass is 15.2. The first-order chi connectivity index (χ1) is 7.88. The molecule has 0 saturated carbocycles. The molecule has 0 atom stereocenters. The summed E-state index contributed by atoms with van der Waals surface area (Å²) in [7, 11) is 0. The lowest BCUT2D eigenvalue weighted by Crippen LogP contribution is -2.05. The SMILES string of the molecule is NNc1ccc(/C=C/c2ncccn2)cc1. The van der Waals surface area contributed by atoms with E-state index in [0.717, 1.165) is 11.3 Å². The van der Waals surface area contributed by atoms with Gasteiger partial charge in [-0.2, -0.15) is 0 Å². The molecule has 1 aromatic carbocycles. The minimum Gasteiger partial charge on any atom is -0.324 e. The van der Waals surface area contributed by atoms with Crippen LogP contribution in [-0.4, -0.2) is 9.97 Å². The molecule has 2 rings (SSSR count). The Bertz CT molecular complexity index is 462. The highest BCUT2D eigenvalue weighted by Gasteiger charge is 1.90. The summed E-state index contributed by atoms with van der Waals surface area (Å²) in [6.45, 7) is 0. The van der Waals surface area contributed by atoms with Crippen molar-refractivity contribution in [3.8, 4) is 0 Å². The molecule has 80 valence electrons. The van der Waals surface area contributed by atoms with Crippen molar-refractivity contribution in [2.24, 2.45) is 5.84 Å². The van der Waals surface area contributed by atoms with Crippen molar-refractivity contribution >= 4 is 17.8 Å². The van der Waals surface area contributed by atoms with Gasteiger partial charge in [-0.1, -0.05) is 18.2 Å². The van der Waals surface area contributed by atoms with Crippen LogP contribution in [0.4, 0.5) is 5.69 Å². The van der Waals surface area contributed by atoms with Crippen LogP contribution < -0.4 is 11.3 Å². The Labute approximate surface area is 93.8 Å². The Morgan fingerprint density at radius 1 is 1.00 bits per heavy atom. The Balaban J connectivity index is 2.12. The van der Waals surface area contributed by atoms with Crippen LogP contribution in [0.15, 0.2) is 42.7 Å². The van der Waals surface area contributed by atoms with Gasteiger partial charge in [0.1, 0.15) is 0 Å². The zero-order valence-electron chi connectivity index (χ0n) is 8.67. The Kier molecular flexibility index (Phi) is 3.25. The lowest BCUT2D eigenvalue weighted by molar-refractivity contribution is 1.14. The third-order valence-electron chi connectivity index (χ3n) is 2.09. The van der Waals surface area contributed by atoms with Gasteiger partial charge in [0.25, 0.3) is 0 Å². The van der Waals surface area contributed by atoms with Crippen molar-refractivity contribution in [1.29, 1.82) is 0 Å². The van der Waals surface area contributed by atoms with Gasteiger partial charge < -0.3 is 5.43 Å². The maximum Gasteiger partial charge on any atom is 0.151 e. The van der Waals surface area contributed by atoms with Crippen molar-refractivity contribution in [3.63, 3.8) is 0 Å².